The number of para-hydroxylation sites is 1. The van der Waals surface area contributed by atoms with E-state index >= 15 is 0 Å². The summed E-state index contributed by atoms with van der Waals surface area (Å²) in [5, 5.41) is 7.51. The van der Waals surface area contributed by atoms with Crippen molar-refractivity contribution in [2.45, 2.75) is 6.04 Å². The number of hydrogen-bond acceptors (Lipinski definition) is 4. The van der Waals surface area contributed by atoms with Crippen molar-refractivity contribution < 1.29 is 18.4 Å². The van der Waals surface area contributed by atoms with Gasteiger partial charge in [-0.2, -0.15) is 0 Å². The van der Waals surface area contributed by atoms with Crippen LogP contribution in [0.5, 0.6) is 0 Å². The Balaban J connectivity index is 1.58. The fraction of sp³-hybridized carbons (Fsp3) is 0.100. The van der Waals surface area contributed by atoms with Gasteiger partial charge in [0.1, 0.15) is 11.6 Å². The van der Waals surface area contributed by atoms with Crippen LogP contribution in [0, 0.1) is 5.82 Å². The van der Waals surface area contributed by atoms with Gasteiger partial charge in [-0.05, 0) is 29.8 Å². The van der Waals surface area contributed by atoms with Crippen molar-refractivity contribution in [3.8, 4) is 0 Å². The van der Waals surface area contributed by atoms with E-state index in [2.05, 4.69) is 16.0 Å². The Morgan fingerprint density at radius 3 is 2.41 bits per heavy atom. The summed E-state index contributed by atoms with van der Waals surface area (Å²) in [6.45, 7) is -0.134. The number of carbonyl (C=O) groups excluding carboxylic acids is 2. The van der Waals surface area contributed by atoms with E-state index in [0.29, 0.717) is 5.76 Å². The fourth-order valence-corrected chi connectivity index (χ4v) is 2.57. The maximum atomic E-state index is 13.5. The summed E-state index contributed by atoms with van der Waals surface area (Å²) >= 11 is 0. The number of nitrogens with one attached hydrogen (secondary N) is 3. The van der Waals surface area contributed by atoms with Gasteiger partial charge in [0.2, 0.25) is 5.91 Å². The minimum atomic E-state index is -0.804. The van der Waals surface area contributed by atoms with Gasteiger partial charge in [-0.25, -0.2) is 9.18 Å². The van der Waals surface area contributed by atoms with Gasteiger partial charge in [0.15, 0.2) is 0 Å². The molecule has 0 aliphatic carbocycles. The molecule has 2 aromatic carbocycles. The molecule has 0 aliphatic heterocycles. The highest BCUT2D eigenvalue weighted by Crippen LogP contribution is 2.21. The summed E-state index contributed by atoms with van der Waals surface area (Å²) < 4.78 is 19.0. The second kappa shape index (κ2) is 8.77. The molecule has 3 rings (SSSR count). The van der Waals surface area contributed by atoms with Gasteiger partial charge in [-0.1, -0.05) is 42.5 Å². The number of benzene rings is 2. The van der Waals surface area contributed by atoms with Crippen LogP contribution in [0.15, 0.2) is 77.4 Å². The largest absolute Gasteiger partial charge is 0.467 e. The van der Waals surface area contributed by atoms with E-state index in [9.17, 15) is 14.0 Å². The maximum absolute atomic E-state index is 13.5. The second-order valence-electron chi connectivity index (χ2n) is 5.72. The van der Waals surface area contributed by atoms with Crippen LogP contribution in [0.1, 0.15) is 17.4 Å². The molecule has 0 aliphatic rings. The zero-order valence-electron chi connectivity index (χ0n) is 14.3. The lowest BCUT2D eigenvalue weighted by atomic mass is 10.0. The topological polar surface area (TPSA) is 83.4 Å². The Labute approximate surface area is 155 Å². The first-order valence-corrected chi connectivity index (χ1v) is 8.30. The number of urea groups is 1. The first-order valence-electron chi connectivity index (χ1n) is 8.30. The SMILES string of the molecule is O=C(CN[C@H](c1ccccc1)c1ccco1)NC(=O)Nc1ccccc1F. The van der Waals surface area contributed by atoms with Gasteiger partial charge in [-0.3, -0.25) is 15.4 Å². The van der Waals surface area contributed by atoms with Crippen LogP contribution >= 0.6 is 0 Å². The quantitative estimate of drug-likeness (QED) is 0.623. The number of halogens is 1. The van der Waals surface area contributed by atoms with Crippen LogP contribution in [-0.2, 0) is 4.79 Å². The lowest BCUT2D eigenvalue weighted by Crippen LogP contribution is -2.41. The minimum absolute atomic E-state index is 0.00601. The Kier molecular flexibility index (Phi) is 5.96. The molecule has 0 unspecified atom stereocenters. The van der Waals surface area contributed by atoms with Crippen LogP contribution in [0.2, 0.25) is 0 Å². The highest BCUT2D eigenvalue weighted by molar-refractivity contribution is 6.01. The summed E-state index contributed by atoms with van der Waals surface area (Å²) in [4.78, 5) is 23.9. The zero-order chi connectivity index (χ0) is 19.1. The van der Waals surface area contributed by atoms with Crippen LogP contribution in [-0.4, -0.2) is 18.5 Å². The van der Waals surface area contributed by atoms with Crippen molar-refractivity contribution in [1.82, 2.24) is 10.6 Å². The molecule has 6 nitrogen and oxygen atoms in total. The Morgan fingerprint density at radius 2 is 1.70 bits per heavy atom. The molecular weight excluding hydrogens is 349 g/mol. The molecule has 27 heavy (non-hydrogen) atoms. The van der Waals surface area contributed by atoms with Gasteiger partial charge in [0, 0.05) is 0 Å². The molecule has 1 aromatic heterocycles. The summed E-state index contributed by atoms with van der Waals surface area (Å²) in [5.74, 6) is -0.499. The highest BCUT2D eigenvalue weighted by atomic mass is 19.1. The molecule has 0 saturated carbocycles. The monoisotopic (exact) mass is 367 g/mol. The lowest BCUT2D eigenvalue weighted by Gasteiger charge is -2.17. The molecular formula is C20H18FN3O3. The number of rotatable bonds is 6. The smallest absolute Gasteiger partial charge is 0.326 e. The van der Waals surface area contributed by atoms with Gasteiger partial charge >= 0.3 is 6.03 Å². The third-order valence-corrected chi connectivity index (χ3v) is 3.80. The van der Waals surface area contributed by atoms with E-state index in [-0.39, 0.29) is 18.3 Å². The molecule has 0 spiro atoms. The fourth-order valence-electron chi connectivity index (χ4n) is 2.57. The van der Waals surface area contributed by atoms with E-state index in [1.165, 1.54) is 18.2 Å². The van der Waals surface area contributed by atoms with Crippen molar-refractivity contribution in [2.75, 3.05) is 11.9 Å². The van der Waals surface area contributed by atoms with Crippen LogP contribution in [0.4, 0.5) is 14.9 Å². The summed E-state index contributed by atoms with van der Waals surface area (Å²) in [6, 6.07) is 17.6. The van der Waals surface area contributed by atoms with E-state index < -0.39 is 17.8 Å². The molecule has 0 bridgehead atoms. The van der Waals surface area contributed by atoms with E-state index in [0.717, 1.165) is 5.56 Å². The molecule has 3 amide bonds. The van der Waals surface area contributed by atoms with Crippen molar-refractivity contribution in [3.05, 3.63) is 90.1 Å². The molecule has 1 heterocycles. The van der Waals surface area contributed by atoms with Crippen molar-refractivity contribution >= 4 is 17.6 Å². The molecule has 0 fully saturated rings. The minimum Gasteiger partial charge on any atom is -0.467 e. The molecule has 7 heteroatoms. The van der Waals surface area contributed by atoms with E-state index in [1.54, 1.807) is 24.5 Å². The van der Waals surface area contributed by atoms with Crippen LogP contribution in [0.3, 0.4) is 0 Å². The predicted octanol–water partition coefficient (Wildman–Crippen LogP) is 3.45. The van der Waals surface area contributed by atoms with E-state index in [1.807, 2.05) is 30.3 Å². The third-order valence-electron chi connectivity index (χ3n) is 3.80. The van der Waals surface area contributed by atoms with Crippen LogP contribution < -0.4 is 16.0 Å². The molecule has 1 atom stereocenters. The molecule has 138 valence electrons. The Hall–Kier alpha value is -3.45. The third kappa shape index (κ3) is 5.02. The van der Waals surface area contributed by atoms with E-state index in [4.69, 9.17) is 4.42 Å². The summed E-state index contributed by atoms with van der Waals surface area (Å²) in [7, 11) is 0. The average molecular weight is 367 g/mol. The predicted molar refractivity (Wildman–Crippen MR) is 98.6 cm³/mol. The average Bonchev–Trinajstić information content (AvgIpc) is 3.19. The second-order valence-corrected chi connectivity index (χ2v) is 5.72. The first-order chi connectivity index (χ1) is 13.1. The zero-order valence-corrected chi connectivity index (χ0v) is 14.3. The first kappa shape index (κ1) is 18.3. The van der Waals surface area contributed by atoms with Gasteiger partial charge in [-0.15, -0.1) is 0 Å². The number of amides is 3. The number of carbonyl (C=O) groups is 2. The lowest BCUT2D eigenvalue weighted by molar-refractivity contribution is -0.119. The molecule has 3 aromatic rings. The highest BCUT2D eigenvalue weighted by Gasteiger charge is 2.18. The van der Waals surface area contributed by atoms with Gasteiger partial charge in [0.05, 0.1) is 24.5 Å². The maximum Gasteiger partial charge on any atom is 0.326 e. The number of imide groups is 1. The van der Waals surface area contributed by atoms with Gasteiger partial charge < -0.3 is 9.73 Å². The van der Waals surface area contributed by atoms with Crippen LogP contribution in [0.25, 0.3) is 0 Å². The molecule has 0 radical (unpaired) electrons. The van der Waals surface area contributed by atoms with Crippen molar-refractivity contribution in [1.29, 1.82) is 0 Å². The Morgan fingerprint density at radius 1 is 0.963 bits per heavy atom. The Bertz CT molecular complexity index is 898. The summed E-state index contributed by atoms with van der Waals surface area (Å²) in [5.41, 5.74) is 0.907. The molecule has 0 saturated heterocycles. The summed E-state index contributed by atoms with van der Waals surface area (Å²) in [6.07, 6.45) is 1.55. The van der Waals surface area contributed by atoms with Crippen molar-refractivity contribution in [2.24, 2.45) is 0 Å². The molecule has 3 N–H and O–H groups in total. The van der Waals surface area contributed by atoms with Gasteiger partial charge in [0.25, 0.3) is 0 Å². The standard InChI is InChI=1S/C20H18FN3O3/c21-15-9-4-5-10-16(15)23-20(26)24-18(25)13-22-19(17-11-6-12-27-17)14-7-2-1-3-8-14/h1-12,19,22H,13H2,(H2,23,24,25,26)/t19-/m1/s1. The number of hydrogen-bond donors (Lipinski definition) is 3. The van der Waals surface area contributed by atoms with Crippen molar-refractivity contribution in [3.63, 3.8) is 0 Å². The normalized spacial score (nSPS) is 11.6. The number of furan rings is 1. The number of anilines is 1.